The van der Waals surface area contributed by atoms with E-state index < -0.39 is 0 Å². The Labute approximate surface area is 144 Å². The molecule has 2 aromatic heterocycles. The van der Waals surface area contributed by atoms with Crippen LogP contribution >= 0.6 is 11.8 Å². The van der Waals surface area contributed by atoms with E-state index in [2.05, 4.69) is 9.97 Å². The summed E-state index contributed by atoms with van der Waals surface area (Å²) in [6.07, 6.45) is 1.77. The minimum absolute atomic E-state index is 0.00899. The molecule has 24 heavy (non-hydrogen) atoms. The van der Waals surface area contributed by atoms with Crippen molar-refractivity contribution in [3.8, 4) is 0 Å². The molecule has 3 heterocycles. The monoisotopic (exact) mass is 348 g/mol. The number of pyridine rings is 1. The Balaban J connectivity index is 1.70. The van der Waals surface area contributed by atoms with Crippen molar-refractivity contribution in [2.45, 2.75) is 38.1 Å². The van der Waals surface area contributed by atoms with E-state index in [0.29, 0.717) is 23.9 Å². The molecule has 0 saturated carbocycles. The number of nitrogens with zero attached hydrogens (tertiary/aromatic N) is 4. The summed E-state index contributed by atoms with van der Waals surface area (Å²) in [5.41, 5.74) is 1.11. The first-order valence-electron chi connectivity index (χ1n) is 7.85. The van der Waals surface area contributed by atoms with E-state index in [0.717, 1.165) is 5.56 Å². The third-order valence-corrected chi connectivity index (χ3v) is 4.61. The van der Waals surface area contributed by atoms with Gasteiger partial charge in [0.1, 0.15) is 5.65 Å². The second-order valence-corrected chi connectivity index (χ2v) is 7.01. The van der Waals surface area contributed by atoms with E-state index in [1.54, 1.807) is 17.2 Å². The number of ether oxygens (including phenoxy) is 1. The molecule has 8 heteroatoms. The maximum atomic E-state index is 12.4. The Morgan fingerprint density at radius 3 is 2.71 bits per heavy atom. The zero-order chi connectivity index (χ0) is 17.3. The normalized spacial score (nSPS) is 21.2. The summed E-state index contributed by atoms with van der Waals surface area (Å²) < 4.78 is 7.04. The molecule has 0 aliphatic carbocycles. The number of thioether (sulfide) groups is 1. The summed E-state index contributed by atoms with van der Waals surface area (Å²) in [6.45, 7) is 6.99. The number of hydrogen-bond acceptors (Lipinski definition) is 6. The lowest BCUT2D eigenvalue weighted by Crippen LogP contribution is -2.48. The number of aromatic nitrogens is 3. The molecule has 3 rings (SSSR count). The summed E-state index contributed by atoms with van der Waals surface area (Å²) >= 11 is 1.19. The molecule has 0 unspecified atom stereocenters. The number of rotatable bonds is 3. The number of carbonyl (C=O) groups is 1. The largest absolute Gasteiger partial charge is 0.372 e. The molecule has 1 amide bonds. The van der Waals surface area contributed by atoms with Gasteiger partial charge in [0.15, 0.2) is 5.16 Å². The number of amides is 1. The van der Waals surface area contributed by atoms with Gasteiger partial charge in [0.25, 0.3) is 0 Å². The van der Waals surface area contributed by atoms with Crippen LogP contribution in [0.25, 0.3) is 5.65 Å². The highest BCUT2D eigenvalue weighted by molar-refractivity contribution is 7.99. The molecule has 1 saturated heterocycles. The van der Waals surface area contributed by atoms with Crippen LogP contribution in [-0.2, 0) is 9.53 Å². The van der Waals surface area contributed by atoms with Crippen molar-refractivity contribution < 1.29 is 9.53 Å². The van der Waals surface area contributed by atoms with Crippen molar-refractivity contribution in [3.05, 3.63) is 34.4 Å². The molecule has 1 aliphatic heterocycles. The first-order valence-corrected chi connectivity index (χ1v) is 8.84. The van der Waals surface area contributed by atoms with E-state index in [1.165, 1.54) is 16.2 Å². The number of carbonyl (C=O) groups excluding carboxylic acids is 1. The zero-order valence-corrected chi connectivity index (χ0v) is 14.7. The molecule has 0 radical (unpaired) electrons. The second kappa shape index (κ2) is 6.90. The Kier molecular flexibility index (Phi) is 4.86. The molecule has 2 aromatic rings. The number of fused-ring (bicyclic) bond motifs is 1. The summed E-state index contributed by atoms with van der Waals surface area (Å²) in [5.74, 6) is 0.218. The highest BCUT2D eigenvalue weighted by atomic mass is 32.2. The zero-order valence-electron chi connectivity index (χ0n) is 13.9. The Morgan fingerprint density at radius 1 is 1.29 bits per heavy atom. The minimum Gasteiger partial charge on any atom is -0.372 e. The minimum atomic E-state index is -0.382. The molecule has 0 aromatic carbocycles. The van der Waals surface area contributed by atoms with Crippen molar-refractivity contribution in [2.24, 2.45) is 0 Å². The first kappa shape index (κ1) is 16.9. The molecule has 1 aliphatic rings. The van der Waals surface area contributed by atoms with E-state index in [9.17, 15) is 9.59 Å². The predicted octanol–water partition coefficient (Wildman–Crippen LogP) is 1.13. The average Bonchev–Trinajstić information content (AvgIpc) is 2.52. The fraction of sp³-hybridized carbons (Fsp3) is 0.500. The Hall–Kier alpha value is -1.93. The number of aryl methyl sites for hydroxylation is 1. The third-order valence-electron chi connectivity index (χ3n) is 3.78. The van der Waals surface area contributed by atoms with Gasteiger partial charge < -0.3 is 9.64 Å². The van der Waals surface area contributed by atoms with Gasteiger partial charge in [-0.25, -0.2) is 9.78 Å². The second-order valence-electron chi connectivity index (χ2n) is 6.07. The van der Waals surface area contributed by atoms with E-state index in [-0.39, 0.29) is 29.6 Å². The van der Waals surface area contributed by atoms with E-state index in [4.69, 9.17) is 4.74 Å². The van der Waals surface area contributed by atoms with Crippen LogP contribution in [0, 0.1) is 6.92 Å². The lowest BCUT2D eigenvalue weighted by atomic mass is 10.2. The predicted molar refractivity (Wildman–Crippen MR) is 91.3 cm³/mol. The van der Waals surface area contributed by atoms with E-state index >= 15 is 0 Å². The lowest BCUT2D eigenvalue weighted by Gasteiger charge is -2.35. The fourth-order valence-corrected chi connectivity index (χ4v) is 3.50. The van der Waals surface area contributed by atoms with Gasteiger partial charge in [-0.3, -0.25) is 9.20 Å². The van der Waals surface area contributed by atoms with Gasteiger partial charge in [-0.05, 0) is 32.4 Å². The van der Waals surface area contributed by atoms with Gasteiger partial charge in [0.05, 0.1) is 18.0 Å². The topological polar surface area (TPSA) is 76.8 Å². The lowest BCUT2D eigenvalue weighted by molar-refractivity contribution is -0.140. The SMILES string of the molecule is Cc1ccc2nc(SCC(=O)N3C[C@@H](C)O[C@H](C)C3)nc(=O)n2c1. The van der Waals surface area contributed by atoms with Crippen molar-refractivity contribution in [1.82, 2.24) is 19.3 Å². The van der Waals surface area contributed by atoms with Gasteiger partial charge in [-0.15, -0.1) is 0 Å². The van der Waals surface area contributed by atoms with Crippen LogP contribution in [0.15, 0.2) is 28.3 Å². The standard InChI is InChI=1S/C16H20N4O3S/c1-10-4-5-13-17-15(18-16(22)20(13)6-10)24-9-14(21)19-7-11(2)23-12(3)8-19/h4-6,11-12H,7-9H2,1-3H3/t11-,12-/m1/s1. The van der Waals surface area contributed by atoms with Gasteiger partial charge in [-0.1, -0.05) is 17.8 Å². The fourth-order valence-electron chi connectivity index (χ4n) is 2.77. The maximum absolute atomic E-state index is 12.4. The van der Waals surface area contributed by atoms with Gasteiger partial charge >= 0.3 is 5.69 Å². The molecule has 2 atom stereocenters. The molecule has 1 fully saturated rings. The maximum Gasteiger partial charge on any atom is 0.355 e. The molecular formula is C16H20N4O3S. The van der Waals surface area contributed by atoms with Gasteiger partial charge in [0, 0.05) is 19.3 Å². The molecule has 7 nitrogen and oxygen atoms in total. The molecule has 128 valence electrons. The summed E-state index contributed by atoms with van der Waals surface area (Å²) in [4.78, 5) is 34.5. The van der Waals surface area contributed by atoms with Crippen LogP contribution in [0.1, 0.15) is 19.4 Å². The van der Waals surface area contributed by atoms with Crippen LogP contribution in [0.5, 0.6) is 0 Å². The third kappa shape index (κ3) is 3.76. The summed E-state index contributed by atoms with van der Waals surface area (Å²) in [5, 5.41) is 0.326. The summed E-state index contributed by atoms with van der Waals surface area (Å²) in [7, 11) is 0. The molecular weight excluding hydrogens is 328 g/mol. The first-order chi connectivity index (χ1) is 11.4. The highest BCUT2D eigenvalue weighted by Crippen LogP contribution is 2.16. The Morgan fingerprint density at radius 2 is 2.00 bits per heavy atom. The Bertz CT molecular complexity index is 813. The van der Waals surface area contributed by atoms with Crippen LogP contribution < -0.4 is 5.69 Å². The number of hydrogen-bond donors (Lipinski definition) is 0. The smallest absolute Gasteiger partial charge is 0.355 e. The van der Waals surface area contributed by atoms with Crippen LogP contribution in [0.3, 0.4) is 0 Å². The molecule has 0 bridgehead atoms. The average molecular weight is 348 g/mol. The molecule has 0 N–H and O–H groups in total. The van der Waals surface area contributed by atoms with Crippen LogP contribution in [0.4, 0.5) is 0 Å². The van der Waals surface area contributed by atoms with Gasteiger partial charge in [-0.2, -0.15) is 4.98 Å². The quantitative estimate of drug-likeness (QED) is 0.774. The molecule has 0 spiro atoms. The number of morpholine rings is 1. The van der Waals surface area contributed by atoms with Gasteiger partial charge in [0.2, 0.25) is 5.91 Å². The van der Waals surface area contributed by atoms with E-state index in [1.807, 2.05) is 26.8 Å². The highest BCUT2D eigenvalue weighted by Gasteiger charge is 2.25. The van der Waals surface area contributed by atoms with Crippen LogP contribution in [0.2, 0.25) is 0 Å². The summed E-state index contributed by atoms with van der Waals surface area (Å²) in [6, 6.07) is 3.66. The van der Waals surface area contributed by atoms with Crippen molar-refractivity contribution >= 4 is 23.3 Å². The van der Waals surface area contributed by atoms with Crippen molar-refractivity contribution in [2.75, 3.05) is 18.8 Å². The van der Waals surface area contributed by atoms with Crippen molar-refractivity contribution in [1.29, 1.82) is 0 Å². The van der Waals surface area contributed by atoms with Crippen molar-refractivity contribution in [3.63, 3.8) is 0 Å². The van der Waals surface area contributed by atoms with Crippen LogP contribution in [-0.4, -0.2) is 56.2 Å².